The fraction of sp³-hybridized carbons (Fsp3) is 0.440. The van der Waals surface area contributed by atoms with E-state index >= 15 is 8.78 Å². The number of aldehydes is 1. The molecule has 11 nitrogen and oxygen atoms in total. The van der Waals surface area contributed by atoms with Crippen LogP contribution in [0.5, 0.6) is 0 Å². The van der Waals surface area contributed by atoms with Gasteiger partial charge in [0.1, 0.15) is 23.3 Å². The van der Waals surface area contributed by atoms with Crippen molar-refractivity contribution in [2.45, 2.75) is 25.0 Å². The van der Waals surface area contributed by atoms with Crippen molar-refractivity contribution in [3.8, 4) is 6.07 Å². The summed E-state index contributed by atoms with van der Waals surface area (Å²) in [6.07, 6.45) is 1.52. The van der Waals surface area contributed by atoms with E-state index in [9.17, 15) is 19.6 Å². The third-order valence-corrected chi connectivity index (χ3v) is 6.73. The summed E-state index contributed by atoms with van der Waals surface area (Å²) in [7, 11) is 3.39. The lowest BCUT2D eigenvalue weighted by Crippen LogP contribution is -2.61. The second-order valence-electron chi connectivity index (χ2n) is 9.65. The highest BCUT2D eigenvalue weighted by molar-refractivity contribution is 5.96. The van der Waals surface area contributed by atoms with Crippen molar-refractivity contribution in [3.63, 3.8) is 0 Å². The van der Waals surface area contributed by atoms with Crippen molar-refractivity contribution in [2.24, 2.45) is 0 Å². The van der Waals surface area contributed by atoms with Crippen molar-refractivity contribution in [1.82, 2.24) is 19.8 Å². The van der Waals surface area contributed by atoms with Gasteiger partial charge in [-0.3, -0.25) is 19.3 Å². The molecule has 2 aromatic heterocycles. The molecule has 2 aromatic rings. The van der Waals surface area contributed by atoms with E-state index in [2.05, 4.69) is 15.3 Å². The van der Waals surface area contributed by atoms with Crippen LogP contribution in [-0.2, 0) is 26.8 Å². The first-order chi connectivity index (χ1) is 18.0. The average Bonchev–Trinajstić information content (AvgIpc) is 2.88. The number of alkyl halides is 2. The molecule has 2 aliphatic heterocycles. The van der Waals surface area contributed by atoms with Crippen molar-refractivity contribution in [3.05, 3.63) is 46.9 Å². The van der Waals surface area contributed by atoms with Gasteiger partial charge in [0.15, 0.2) is 6.29 Å². The van der Waals surface area contributed by atoms with E-state index in [4.69, 9.17) is 4.74 Å². The second-order valence-corrected chi connectivity index (χ2v) is 9.65. The summed E-state index contributed by atoms with van der Waals surface area (Å²) >= 11 is 0. The number of nitrogens with zero attached hydrogens (tertiary/aromatic N) is 6. The Morgan fingerprint density at radius 3 is 2.71 bits per heavy atom. The molecular weight excluding hydrogens is 500 g/mol. The van der Waals surface area contributed by atoms with Crippen molar-refractivity contribution < 1.29 is 27.9 Å². The number of hydrogen-bond acceptors (Lipinski definition) is 9. The topological polar surface area (TPSA) is 132 Å². The molecule has 0 atom stereocenters. The van der Waals surface area contributed by atoms with Gasteiger partial charge in [0.2, 0.25) is 5.91 Å². The Bertz CT molecular complexity index is 1310. The van der Waals surface area contributed by atoms with E-state index in [1.807, 2.05) is 29.8 Å². The van der Waals surface area contributed by atoms with E-state index in [0.29, 0.717) is 43.7 Å². The number of nitrogens with one attached hydrogen (secondary N) is 1. The number of amides is 2. The van der Waals surface area contributed by atoms with Crippen LogP contribution < -0.4 is 10.2 Å². The molecule has 4 heterocycles. The smallest absolute Gasteiger partial charge is 0.366 e. The maximum Gasteiger partial charge on any atom is 0.366 e. The minimum Gasteiger partial charge on any atom is -0.375 e. The molecule has 2 saturated heterocycles. The molecule has 13 heteroatoms. The molecule has 38 heavy (non-hydrogen) atoms. The normalized spacial score (nSPS) is 17.5. The summed E-state index contributed by atoms with van der Waals surface area (Å²) in [6, 6.07) is 5.59. The number of aromatic nitrogens is 2. The number of carbonyl (C=O) groups excluding carboxylic acids is 3. The molecule has 0 aromatic carbocycles. The molecule has 0 saturated carbocycles. The van der Waals surface area contributed by atoms with Gasteiger partial charge in [-0.05, 0) is 20.0 Å². The van der Waals surface area contributed by atoms with Crippen molar-refractivity contribution in [2.75, 3.05) is 57.1 Å². The Morgan fingerprint density at radius 2 is 2.08 bits per heavy atom. The number of piperazine rings is 1. The summed E-state index contributed by atoms with van der Waals surface area (Å²) in [5.74, 6) is -6.11. The molecule has 0 spiro atoms. The van der Waals surface area contributed by atoms with Crippen molar-refractivity contribution in [1.29, 1.82) is 5.26 Å². The molecule has 2 amide bonds. The fourth-order valence-corrected chi connectivity index (χ4v) is 4.35. The molecular formula is C25H27F2N7O4. The number of hydrogen-bond donors (Lipinski definition) is 1. The monoisotopic (exact) mass is 527 g/mol. The highest BCUT2D eigenvalue weighted by atomic mass is 19.3. The van der Waals surface area contributed by atoms with Crippen molar-refractivity contribution >= 4 is 29.6 Å². The van der Waals surface area contributed by atoms with Gasteiger partial charge < -0.3 is 19.9 Å². The first-order valence-corrected chi connectivity index (χ1v) is 11.8. The molecule has 0 radical (unpaired) electrons. The Kier molecular flexibility index (Phi) is 7.39. The molecule has 0 unspecified atom stereocenters. The predicted octanol–water partition coefficient (Wildman–Crippen LogP) is 1.39. The largest absolute Gasteiger partial charge is 0.375 e. The zero-order chi connectivity index (χ0) is 27.7. The fourth-order valence-electron chi connectivity index (χ4n) is 4.35. The maximum atomic E-state index is 15.1. The van der Waals surface area contributed by atoms with Crippen LogP contribution in [0.3, 0.4) is 0 Å². The number of carbonyl (C=O) groups is 3. The van der Waals surface area contributed by atoms with Gasteiger partial charge in [-0.2, -0.15) is 14.0 Å². The Hall–Kier alpha value is -4.02. The van der Waals surface area contributed by atoms with E-state index in [0.717, 1.165) is 6.07 Å². The van der Waals surface area contributed by atoms with Crippen LogP contribution in [0, 0.1) is 11.3 Å². The van der Waals surface area contributed by atoms with E-state index in [-0.39, 0.29) is 36.1 Å². The Balaban J connectivity index is 1.51. The molecule has 0 bridgehead atoms. The number of pyridine rings is 2. The van der Waals surface area contributed by atoms with Crippen LogP contribution >= 0.6 is 0 Å². The van der Waals surface area contributed by atoms with Crippen LogP contribution in [-0.4, -0.2) is 90.4 Å². The van der Waals surface area contributed by atoms with Gasteiger partial charge in [0, 0.05) is 57.7 Å². The highest BCUT2D eigenvalue weighted by Crippen LogP contribution is 2.34. The van der Waals surface area contributed by atoms with Crippen LogP contribution in [0.2, 0.25) is 0 Å². The number of likely N-dealkylation sites (N-methyl/N-ethyl adjacent to an activating group) is 1. The van der Waals surface area contributed by atoms with Gasteiger partial charge in [-0.15, -0.1) is 0 Å². The van der Waals surface area contributed by atoms with E-state index in [1.165, 1.54) is 23.2 Å². The van der Waals surface area contributed by atoms with Gasteiger partial charge in [0.05, 0.1) is 23.4 Å². The lowest BCUT2D eigenvalue weighted by Gasteiger charge is -2.48. The minimum atomic E-state index is -4.10. The number of methoxy groups -OCH3 is 1. The first kappa shape index (κ1) is 27.0. The van der Waals surface area contributed by atoms with Gasteiger partial charge >= 0.3 is 11.8 Å². The SMILES string of the molecule is COC1(C)CN(c2cc(NC(=O)C(F)(F)c3ccc(CN4CCN(C)CC4=O)c(C=O)n3)ncc2C#N)C1. The third kappa shape index (κ3) is 5.32. The van der Waals surface area contributed by atoms with E-state index in [1.54, 1.807) is 7.11 Å². The highest BCUT2D eigenvalue weighted by Gasteiger charge is 2.44. The summed E-state index contributed by atoms with van der Waals surface area (Å²) in [5.41, 5.74) is -0.649. The standard InChI is InChI=1S/C25H27F2N7O4/c1-24(38-3)14-34(15-24)19-8-21(29-10-17(19)9-28)31-23(37)25(26,27)20-5-4-16(18(13-35)30-20)11-33-7-6-32(2)12-22(33)36/h4-5,8,10,13H,6-7,11-12,14-15H2,1-3H3,(H,29,31,37). The molecule has 0 aliphatic carbocycles. The zero-order valence-electron chi connectivity index (χ0n) is 21.2. The average molecular weight is 528 g/mol. The van der Waals surface area contributed by atoms with E-state index < -0.39 is 23.1 Å². The summed E-state index contributed by atoms with van der Waals surface area (Å²) < 4.78 is 35.6. The van der Waals surface area contributed by atoms with Gasteiger partial charge in [-0.25, -0.2) is 9.97 Å². The third-order valence-electron chi connectivity index (χ3n) is 6.73. The lowest BCUT2D eigenvalue weighted by molar-refractivity contribution is -0.141. The van der Waals surface area contributed by atoms with Gasteiger partial charge in [0.25, 0.3) is 0 Å². The number of halogens is 2. The Labute approximate surface area is 218 Å². The molecule has 2 aliphatic rings. The number of rotatable bonds is 8. The second kappa shape index (κ2) is 10.4. The van der Waals surface area contributed by atoms with Crippen LogP contribution in [0.25, 0.3) is 0 Å². The summed E-state index contributed by atoms with van der Waals surface area (Å²) in [5, 5.41) is 11.5. The lowest BCUT2D eigenvalue weighted by atomic mass is 9.95. The van der Waals surface area contributed by atoms with Crippen LogP contribution in [0.1, 0.15) is 34.2 Å². The first-order valence-electron chi connectivity index (χ1n) is 11.8. The molecule has 1 N–H and O–H groups in total. The predicted molar refractivity (Wildman–Crippen MR) is 132 cm³/mol. The molecule has 200 valence electrons. The summed E-state index contributed by atoms with van der Waals surface area (Å²) in [4.78, 5) is 49.3. The number of nitriles is 1. The number of anilines is 2. The molecule has 4 rings (SSSR count). The van der Waals surface area contributed by atoms with Gasteiger partial charge in [-0.1, -0.05) is 6.07 Å². The number of ether oxygens (including phenoxy) is 1. The van der Waals surface area contributed by atoms with Crippen LogP contribution in [0.15, 0.2) is 24.4 Å². The van der Waals surface area contributed by atoms with Crippen LogP contribution in [0.4, 0.5) is 20.3 Å². The maximum absolute atomic E-state index is 15.1. The quantitative estimate of drug-likeness (QED) is 0.506. The molecule has 2 fully saturated rings. The minimum absolute atomic E-state index is 0.0440. The summed E-state index contributed by atoms with van der Waals surface area (Å²) in [6.45, 7) is 4.16. The Morgan fingerprint density at radius 1 is 1.34 bits per heavy atom. The zero-order valence-corrected chi connectivity index (χ0v) is 21.2.